The molecule has 3 rings (SSSR count). The molecule has 2 aromatic carbocycles. The summed E-state index contributed by atoms with van der Waals surface area (Å²) >= 11 is 0. The van der Waals surface area contributed by atoms with Gasteiger partial charge in [0.1, 0.15) is 11.6 Å². The molecule has 1 aromatic heterocycles. The minimum atomic E-state index is -0.376. The van der Waals surface area contributed by atoms with Gasteiger partial charge in [0.05, 0.1) is 20.3 Å². The molecule has 1 radical (unpaired) electrons. The van der Waals surface area contributed by atoms with Crippen LogP contribution >= 0.6 is 0 Å². The predicted molar refractivity (Wildman–Crippen MR) is 89.5 cm³/mol. The summed E-state index contributed by atoms with van der Waals surface area (Å²) in [6.07, 6.45) is 1.75. The fourth-order valence-electron chi connectivity index (χ4n) is 2.56. The lowest BCUT2D eigenvalue weighted by Gasteiger charge is -2.17. The Morgan fingerprint density at radius 3 is 2.64 bits per heavy atom. The van der Waals surface area contributed by atoms with Crippen molar-refractivity contribution < 1.29 is 14.2 Å². The van der Waals surface area contributed by atoms with Gasteiger partial charge >= 0.3 is 0 Å². The molecule has 7 heteroatoms. The first-order valence-corrected chi connectivity index (χ1v) is 7.83. The molecule has 3 aromatic rings. The third-order valence-electron chi connectivity index (χ3n) is 3.80. The predicted octanol–water partition coefficient (Wildman–Crippen LogP) is 2.20. The molecule has 0 fully saturated rings. The van der Waals surface area contributed by atoms with Gasteiger partial charge in [-0.1, -0.05) is 30.3 Å². The number of nitrogens with zero attached hydrogens (tertiary/aromatic N) is 4. The van der Waals surface area contributed by atoms with Gasteiger partial charge in [-0.15, -0.1) is 10.2 Å². The normalized spacial score (nSPS) is 12.1. The van der Waals surface area contributed by atoms with Crippen molar-refractivity contribution in [3.05, 3.63) is 77.7 Å². The molecule has 0 spiro atoms. The van der Waals surface area contributed by atoms with E-state index in [9.17, 15) is 4.39 Å². The molecule has 0 amide bonds. The maximum atomic E-state index is 14.4. The number of ether oxygens (including phenoxy) is 1. The van der Waals surface area contributed by atoms with Gasteiger partial charge in [-0.3, -0.25) is 0 Å². The molecule has 1 atom stereocenters. The largest absolute Gasteiger partial charge is 0.497 e. The summed E-state index contributed by atoms with van der Waals surface area (Å²) in [7, 11) is 1.60. The zero-order valence-electron chi connectivity index (χ0n) is 13.7. The fourth-order valence-corrected chi connectivity index (χ4v) is 2.56. The van der Waals surface area contributed by atoms with E-state index in [2.05, 4.69) is 15.4 Å². The standard InChI is InChI=1S/C18H18FN4O2/c1-25-14-8-6-13(7-9-14)16(15-4-2-3-5-17(15)19)12-18-20-22-23(21-18)10-11-24/h2-9,12,16,24H,10-11H2,1H3/t16-/m0/s1. The molecule has 0 aliphatic heterocycles. The number of aromatic nitrogens is 4. The lowest BCUT2D eigenvalue weighted by Crippen LogP contribution is -2.08. The van der Waals surface area contributed by atoms with E-state index < -0.39 is 0 Å². The van der Waals surface area contributed by atoms with Crippen molar-refractivity contribution in [2.24, 2.45) is 0 Å². The number of methoxy groups -OCH3 is 1. The van der Waals surface area contributed by atoms with Crippen LogP contribution in [0.2, 0.25) is 0 Å². The highest BCUT2D eigenvalue weighted by atomic mass is 19.1. The molecule has 129 valence electrons. The van der Waals surface area contributed by atoms with Crippen molar-refractivity contribution in [3.8, 4) is 5.75 Å². The number of aliphatic hydroxyl groups is 1. The van der Waals surface area contributed by atoms with Crippen LogP contribution in [0.5, 0.6) is 5.75 Å². The van der Waals surface area contributed by atoms with Crippen LogP contribution in [0.3, 0.4) is 0 Å². The number of halogens is 1. The lowest BCUT2D eigenvalue weighted by atomic mass is 9.88. The molecule has 6 nitrogen and oxygen atoms in total. The molecule has 0 saturated carbocycles. The molecular weight excluding hydrogens is 323 g/mol. The molecule has 0 aliphatic carbocycles. The first-order chi connectivity index (χ1) is 12.2. The summed E-state index contributed by atoms with van der Waals surface area (Å²) in [5, 5.41) is 21.0. The van der Waals surface area contributed by atoms with E-state index in [1.54, 1.807) is 31.7 Å². The van der Waals surface area contributed by atoms with E-state index in [0.29, 0.717) is 11.4 Å². The topological polar surface area (TPSA) is 73.1 Å². The zero-order valence-corrected chi connectivity index (χ0v) is 13.7. The van der Waals surface area contributed by atoms with E-state index in [4.69, 9.17) is 9.84 Å². The second-order valence-corrected chi connectivity index (χ2v) is 5.41. The van der Waals surface area contributed by atoms with Crippen molar-refractivity contribution in [1.82, 2.24) is 20.2 Å². The summed E-state index contributed by atoms with van der Waals surface area (Å²) in [5.74, 6) is 0.418. The Bertz CT molecular complexity index is 820. The van der Waals surface area contributed by atoms with Gasteiger partial charge in [0.15, 0.2) is 5.82 Å². The van der Waals surface area contributed by atoms with E-state index in [1.165, 1.54) is 10.9 Å². The third kappa shape index (κ3) is 4.00. The van der Waals surface area contributed by atoms with Crippen LogP contribution in [-0.4, -0.2) is 39.0 Å². The fraction of sp³-hybridized carbons (Fsp3) is 0.222. The summed E-state index contributed by atoms with van der Waals surface area (Å²) in [6.45, 7) is 0.179. The molecule has 1 heterocycles. The SMILES string of the molecule is COc1ccc([C@H]([CH]c2nnn(CCO)n2)c2ccccc2F)cc1. The van der Waals surface area contributed by atoms with Crippen molar-refractivity contribution >= 4 is 0 Å². The molecule has 0 unspecified atom stereocenters. The summed E-state index contributed by atoms with van der Waals surface area (Å²) in [4.78, 5) is 1.30. The van der Waals surface area contributed by atoms with Gasteiger partial charge in [-0.05, 0) is 34.5 Å². The van der Waals surface area contributed by atoms with Gasteiger partial charge in [0, 0.05) is 12.3 Å². The second kappa shape index (κ2) is 7.85. The number of tetrazole rings is 1. The highest BCUT2D eigenvalue weighted by Gasteiger charge is 2.21. The van der Waals surface area contributed by atoms with Gasteiger partial charge in [0.25, 0.3) is 0 Å². The molecule has 1 N–H and O–H groups in total. The van der Waals surface area contributed by atoms with Gasteiger partial charge in [-0.2, -0.15) is 4.80 Å². The van der Waals surface area contributed by atoms with Crippen LogP contribution in [-0.2, 0) is 6.54 Å². The molecular formula is C18H18FN4O2. The minimum absolute atomic E-state index is 0.0784. The Labute approximate surface area is 144 Å². The Kier molecular flexibility index (Phi) is 5.35. The Balaban J connectivity index is 1.94. The summed E-state index contributed by atoms with van der Waals surface area (Å²) in [5.41, 5.74) is 1.40. The molecule has 0 aliphatic rings. The third-order valence-corrected chi connectivity index (χ3v) is 3.80. The smallest absolute Gasteiger partial charge is 0.179 e. The second-order valence-electron chi connectivity index (χ2n) is 5.41. The zero-order chi connectivity index (χ0) is 17.6. The molecule has 0 saturated heterocycles. The number of hydrogen-bond acceptors (Lipinski definition) is 5. The number of benzene rings is 2. The first kappa shape index (κ1) is 17.0. The number of aliphatic hydroxyl groups excluding tert-OH is 1. The minimum Gasteiger partial charge on any atom is -0.497 e. The van der Waals surface area contributed by atoms with Crippen molar-refractivity contribution in [2.45, 2.75) is 12.5 Å². The van der Waals surface area contributed by atoms with Gasteiger partial charge < -0.3 is 9.84 Å². The summed E-state index contributed by atoms with van der Waals surface area (Å²) < 4.78 is 19.5. The molecule has 25 heavy (non-hydrogen) atoms. The van der Waals surface area contributed by atoms with Gasteiger partial charge in [0.2, 0.25) is 0 Å². The Morgan fingerprint density at radius 2 is 1.96 bits per heavy atom. The van der Waals surface area contributed by atoms with Crippen molar-refractivity contribution in [2.75, 3.05) is 13.7 Å². The van der Waals surface area contributed by atoms with Crippen molar-refractivity contribution in [1.29, 1.82) is 0 Å². The quantitative estimate of drug-likeness (QED) is 0.713. The maximum absolute atomic E-state index is 14.4. The van der Waals surface area contributed by atoms with Crippen LogP contribution in [0.1, 0.15) is 22.9 Å². The van der Waals surface area contributed by atoms with Crippen LogP contribution in [0.4, 0.5) is 4.39 Å². The van der Waals surface area contributed by atoms with E-state index in [1.807, 2.05) is 24.3 Å². The molecule has 0 bridgehead atoms. The number of hydrogen-bond donors (Lipinski definition) is 1. The summed E-state index contributed by atoms with van der Waals surface area (Å²) in [6, 6.07) is 14.0. The van der Waals surface area contributed by atoms with Gasteiger partial charge in [-0.25, -0.2) is 4.39 Å². The van der Waals surface area contributed by atoms with Crippen LogP contribution in [0, 0.1) is 12.2 Å². The van der Waals surface area contributed by atoms with E-state index in [0.717, 1.165) is 11.3 Å². The number of rotatable bonds is 7. The monoisotopic (exact) mass is 341 g/mol. The average Bonchev–Trinajstić information content (AvgIpc) is 3.08. The van der Waals surface area contributed by atoms with Crippen LogP contribution < -0.4 is 4.74 Å². The highest BCUT2D eigenvalue weighted by Crippen LogP contribution is 2.31. The maximum Gasteiger partial charge on any atom is 0.179 e. The first-order valence-electron chi connectivity index (χ1n) is 7.83. The lowest BCUT2D eigenvalue weighted by molar-refractivity contribution is 0.259. The van der Waals surface area contributed by atoms with E-state index >= 15 is 0 Å². The highest BCUT2D eigenvalue weighted by molar-refractivity contribution is 5.40. The van der Waals surface area contributed by atoms with E-state index in [-0.39, 0.29) is 24.9 Å². The van der Waals surface area contributed by atoms with Crippen LogP contribution in [0.25, 0.3) is 0 Å². The Morgan fingerprint density at radius 1 is 1.20 bits per heavy atom. The van der Waals surface area contributed by atoms with Crippen LogP contribution in [0.15, 0.2) is 48.5 Å². The Hall–Kier alpha value is -2.80. The average molecular weight is 341 g/mol. The van der Waals surface area contributed by atoms with Crippen molar-refractivity contribution in [3.63, 3.8) is 0 Å².